The summed E-state index contributed by atoms with van der Waals surface area (Å²) in [7, 11) is 0.611. The Bertz CT molecular complexity index is 1880. The Labute approximate surface area is 244 Å². The fourth-order valence-electron chi connectivity index (χ4n) is 5.62. The number of esters is 1. The lowest BCUT2D eigenvalue weighted by Gasteiger charge is -2.17. The SMILES string of the molecule is COC(=O)[C@H](N=Cc1ccccc1B1Oc2ccc3ccccc3c2-c2c(ccc3ccccc23)O1)c1ccccc1. The first kappa shape index (κ1) is 25.6. The fourth-order valence-corrected chi connectivity index (χ4v) is 5.62. The van der Waals surface area contributed by atoms with Gasteiger partial charge in [0.2, 0.25) is 0 Å². The Balaban J connectivity index is 1.37. The number of rotatable bonds is 5. The summed E-state index contributed by atoms with van der Waals surface area (Å²) >= 11 is 0. The van der Waals surface area contributed by atoms with Crippen LogP contribution in [0.1, 0.15) is 17.2 Å². The van der Waals surface area contributed by atoms with Crippen molar-refractivity contribution in [3.63, 3.8) is 0 Å². The predicted molar refractivity (Wildman–Crippen MR) is 169 cm³/mol. The molecule has 0 aromatic heterocycles. The van der Waals surface area contributed by atoms with Crippen LogP contribution < -0.4 is 14.8 Å². The molecule has 0 bridgehead atoms. The molecule has 202 valence electrons. The van der Waals surface area contributed by atoms with E-state index in [0.29, 0.717) is 0 Å². The second kappa shape index (κ2) is 10.9. The highest BCUT2D eigenvalue weighted by atomic mass is 16.6. The first-order chi connectivity index (χ1) is 20.7. The van der Waals surface area contributed by atoms with Crippen LogP contribution in [0.15, 0.2) is 132 Å². The molecule has 0 saturated carbocycles. The zero-order valence-corrected chi connectivity index (χ0v) is 22.9. The van der Waals surface area contributed by atoms with E-state index in [1.807, 2.05) is 91.0 Å². The van der Waals surface area contributed by atoms with Crippen molar-refractivity contribution in [3.05, 3.63) is 139 Å². The highest BCUT2D eigenvalue weighted by Gasteiger charge is 2.35. The van der Waals surface area contributed by atoms with Gasteiger partial charge in [-0.1, -0.05) is 115 Å². The molecule has 7 rings (SSSR count). The van der Waals surface area contributed by atoms with E-state index in [4.69, 9.17) is 14.0 Å². The van der Waals surface area contributed by atoms with Crippen molar-refractivity contribution in [2.24, 2.45) is 4.99 Å². The van der Waals surface area contributed by atoms with E-state index in [0.717, 1.165) is 60.8 Å². The van der Waals surface area contributed by atoms with Crippen molar-refractivity contribution in [1.82, 2.24) is 0 Å². The molecule has 5 nitrogen and oxygen atoms in total. The molecule has 0 aliphatic carbocycles. The van der Waals surface area contributed by atoms with Gasteiger partial charge in [-0.3, -0.25) is 4.99 Å². The van der Waals surface area contributed by atoms with Crippen LogP contribution in [0.3, 0.4) is 0 Å². The number of hydrogen-bond donors (Lipinski definition) is 0. The Hall–Kier alpha value is -5.36. The molecular formula is C36H26BNO4. The number of nitrogens with zero attached hydrogens (tertiary/aromatic N) is 1. The minimum Gasteiger partial charge on any atom is -0.521 e. The summed E-state index contributed by atoms with van der Waals surface area (Å²) in [4.78, 5) is 17.3. The number of carbonyl (C=O) groups is 1. The van der Waals surface area contributed by atoms with Crippen molar-refractivity contribution in [2.45, 2.75) is 6.04 Å². The maximum Gasteiger partial charge on any atom is 0.633 e. The van der Waals surface area contributed by atoms with E-state index in [1.165, 1.54) is 7.11 Å². The number of methoxy groups -OCH3 is 1. The second-order valence-corrected chi connectivity index (χ2v) is 10.1. The lowest BCUT2D eigenvalue weighted by molar-refractivity contribution is -0.142. The van der Waals surface area contributed by atoms with Gasteiger partial charge in [0.05, 0.1) is 7.11 Å². The minimum atomic E-state index is -0.792. The van der Waals surface area contributed by atoms with Crippen LogP contribution in [0.25, 0.3) is 32.7 Å². The highest BCUT2D eigenvalue weighted by Crippen LogP contribution is 2.47. The zero-order chi connectivity index (χ0) is 28.5. The first-order valence-electron chi connectivity index (χ1n) is 13.8. The molecule has 0 fully saturated rings. The van der Waals surface area contributed by atoms with Crippen LogP contribution >= 0.6 is 0 Å². The summed E-state index contributed by atoms with van der Waals surface area (Å²) in [6.07, 6.45) is 1.70. The summed E-state index contributed by atoms with van der Waals surface area (Å²) in [5, 5.41) is 4.44. The van der Waals surface area contributed by atoms with Gasteiger partial charge in [-0.15, -0.1) is 0 Å². The molecule has 6 heteroatoms. The van der Waals surface area contributed by atoms with E-state index in [2.05, 4.69) is 41.4 Å². The number of benzene rings is 6. The molecule has 0 N–H and O–H groups in total. The third-order valence-electron chi connectivity index (χ3n) is 7.65. The van der Waals surface area contributed by atoms with Crippen molar-refractivity contribution < 1.29 is 18.8 Å². The van der Waals surface area contributed by atoms with Crippen molar-refractivity contribution >= 4 is 46.3 Å². The number of ether oxygens (including phenoxy) is 1. The van der Waals surface area contributed by atoms with Gasteiger partial charge in [0.25, 0.3) is 0 Å². The largest absolute Gasteiger partial charge is 0.633 e. The molecule has 0 spiro atoms. The second-order valence-electron chi connectivity index (χ2n) is 10.1. The van der Waals surface area contributed by atoms with Gasteiger partial charge in [-0.25, -0.2) is 4.79 Å². The lowest BCUT2D eigenvalue weighted by atomic mass is 9.75. The van der Waals surface area contributed by atoms with E-state index in [-0.39, 0.29) is 0 Å². The molecule has 1 aliphatic heterocycles. The lowest BCUT2D eigenvalue weighted by Crippen LogP contribution is -2.44. The van der Waals surface area contributed by atoms with E-state index in [9.17, 15) is 4.79 Å². The van der Waals surface area contributed by atoms with Gasteiger partial charge in [0.1, 0.15) is 11.5 Å². The van der Waals surface area contributed by atoms with Crippen LogP contribution in [0.2, 0.25) is 0 Å². The monoisotopic (exact) mass is 547 g/mol. The quantitative estimate of drug-likeness (QED) is 0.131. The minimum absolute atomic E-state index is 0.432. The molecule has 1 heterocycles. The summed E-state index contributed by atoms with van der Waals surface area (Å²) in [5.41, 5.74) is 4.32. The molecule has 42 heavy (non-hydrogen) atoms. The number of fused-ring (bicyclic) bond motifs is 7. The summed E-state index contributed by atoms with van der Waals surface area (Å²) in [5.74, 6) is 1.04. The number of carbonyl (C=O) groups excluding carboxylic acids is 1. The maximum atomic E-state index is 12.7. The Morgan fingerprint density at radius 2 is 1.24 bits per heavy atom. The molecule has 0 saturated heterocycles. The van der Waals surface area contributed by atoms with Crippen molar-refractivity contribution in [2.75, 3.05) is 7.11 Å². The average Bonchev–Trinajstić information content (AvgIpc) is 3.23. The standard InChI is InChI=1S/C36H26BNO4/c1-40-36(39)35(26-13-3-2-4-14-26)38-23-27-15-7-10-18-30(27)37-41-31-21-19-24-11-5-8-16-28(24)33(31)34-29-17-9-6-12-25(29)20-22-32(34)42-37/h2-23,35H,1H3/t35-/m1/s1. The van der Waals surface area contributed by atoms with Crippen LogP contribution in [-0.2, 0) is 9.53 Å². The van der Waals surface area contributed by atoms with Crippen LogP contribution in [-0.4, -0.2) is 26.4 Å². The van der Waals surface area contributed by atoms with E-state index >= 15 is 0 Å². The normalized spacial score (nSPS) is 13.1. The van der Waals surface area contributed by atoms with E-state index in [1.54, 1.807) is 6.21 Å². The fraction of sp³-hybridized carbons (Fsp3) is 0.0556. The molecule has 1 atom stereocenters. The Morgan fingerprint density at radius 3 is 1.86 bits per heavy atom. The van der Waals surface area contributed by atoms with Crippen LogP contribution in [0, 0.1) is 0 Å². The topological polar surface area (TPSA) is 57.1 Å². The summed E-state index contributed by atoms with van der Waals surface area (Å²) < 4.78 is 18.5. The van der Waals surface area contributed by atoms with Crippen LogP contribution in [0.4, 0.5) is 0 Å². The summed E-state index contributed by atoms with van der Waals surface area (Å²) in [6.45, 7) is 0. The third kappa shape index (κ3) is 4.57. The predicted octanol–water partition coefficient (Wildman–Crippen LogP) is 7.16. The van der Waals surface area contributed by atoms with Gasteiger partial charge >= 0.3 is 13.1 Å². The molecule has 6 aromatic carbocycles. The Kier molecular flexibility index (Phi) is 6.65. The van der Waals surface area contributed by atoms with Gasteiger partial charge in [-0.05, 0) is 44.8 Å². The highest BCUT2D eigenvalue weighted by molar-refractivity contribution is 6.64. The molecular weight excluding hydrogens is 521 g/mol. The van der Waals surface area contributed by atoms with Gasteiger partial charge < -0.3 is 14.0 Å². The van der Waals surface area contributed by atoms with Crippen molar-refractivity contribution in [3.8, 4) is 22.6 Å². The summed E-state index contributed by atoms with van der Waals surface area (Å²) in [6, 6.07) is 41.2. The smallest absolute Gasteiger partial charge is 0.521 e. The van der Waals surface area contributed by atoms with Crippen molar-refractivity contribution in [1.29, 1.82) is 0 Å². The average molecular weight is 547 g/mol. The molecule has 0 radical (unpaired) electrons. The third-order valence-corrected chi connectivity index (χ3v) is 7.65. The number of aliphatic imine (C=N–C) groups is 1. The van der Waals surface area contributed by atoms with Gasteiger partial charge in [-0.2, -0.15) is 0 Å². The molecule has 0 unspecified atom stereocenters. The maximum absolute atomic E-state index is 12.7. The molecule has 1 aliphatic rings. The van der Waals surface area contributed by atoms with Crippen LogP contribution in [0.5, 0.6) is 11.5 Å². The Morgan fingerprint density at radius 1 is 0.690 bits per heavy atom. The van der Waals surface area contributed by atoms with Gasteiger partial charge in [0, 0.05) is 22.8 Å². The zero-order valence-electron chi connectivity index (χ0n) is 22.9. The first-order valence-corrected chi connectivity index (χ1v) is 13.8. The molecule has 6 aromatic rings. The van der Waals surface area contributed by atoms with Gasteiger partial charge in [0.15, 0.2) is 6.04 Å². The van der Waals surface area contributed by atoms with E-state index < -0.39 is 19.1 Å². The number of hydrogen-bond acceptors (Lipinski definition) is 5. The molecule has 0 amide bonds.